The number of para-hydroxylation sites is 1. The van der Waals surface area contributed by atoms with E-state index in [9.17, 15) is 9.18 Å². The molecule has 108 valence electrons. The Morgan fingerprint density at radius 3 is 2.95 bits per heavy atom. The number of ether oxygens (including phenoxy) is 2. The molecule has 1 heterocycles. The summed E-state index contributed by atoms with van der Waals surface area (Å²) in [5, 5.41) is 2.77. The second-order valence-electron chi connectivity index (χ2n) is 4.46. The van der Waals surface area contributed by atoms with Crippen LogP contribution in [-0.4, -0.2) is 12.7 Å². The van der Waals surface area contributed by atoms with Crippen molar-refractivity contribution in [3.63, 3.8) is 0 Å². The minimum Gasteiger partial charge on any atom is -0.454 e. The summed E-state index contributed by atoms with van der Waals surface area (Å²) in [4.78, 5) is 12.1. The number of halogens is 2. The molecule has 1 N–H and O–H groups in total. The number of hydrogen-bond donors (Lipinski definition) is 1. The Balaban J connectivity index is 1.72. The Morgan fingerprint density at radius 1 is 1.29 bits per heavy atom. The highest BCUT2D eigenvalue weighted by molar-refractivity contribution is 9.10. The second-order valence-corrected chi connectivity index (χ2v) is 5.32. The van der Waals surface area contributed by atoms with Crippen LogP contribution in [0.2, 0.25) is 0 Å². The van der Waals surface area contributed by atoms with Crippen molar-refractivity contribution in [3.05, 3.63) is 57.8 Å². The van der Waals surface area contributed by atoms with Crippen LogP contribution in [-0.2, 0) is 6.54 Å². The Labute approximate surface area is 129 Å². The molecule has 0 bridgehead atoms. The molecule has 2 aromatic carbocycles. The summed E-state index contributed by atoms with van der Waals surface area (Å²) in [5.74, 6) is 0.634. The van der Waals surface area contributed by atoms with Crippen molar-refractivity contribution in [1.82, 2.24) is 5.32 Å². The van der Waals surface area contributed by atoms with Gasteiger partial charge in [-0.05, 0) is 40.2 Å². The lowest BCUT2D eigenvalue weighted by Crippen LogP contribution is -2.23. The highest BCUT2D eigenvalue weighted by Crippen LogP contribution is 2.35. The highest BCUT2D eigenvalue weighted by atomic mass is 79.9. The molecule has 3 rings (SSSR count). The smallest absolute Gasteiger partial charge is 0.251 e. The average Bonchev–Trinajstić information content (AvgIpc) is 2.96. The summed E-state index contributed by atoms with van der Waals surface area (Å²) in [6.45, 7) is 0.492. The van der Waals surface area contributed by atoms with Crippen molar-refractivity contribution >= 4 is 21.8 Å². The molecule has 0 spiro atoms. The standard InChI is InChI=1S/C15H11BrFNO3/c16-11-6-9(4-5-12(11)17)15(19)18-7-10-2-1-3-13-14(10)21-8-20-13/h1-6H,7-8H2,(H,18,19). The normalized spacial score (nSPS) is 12.3. The van der Waals surface area contributed by atoms with Gasteiger partial charge < -0.3 is 14.8 Å². The molecule has 0 saturated heterocycles. The van der Waals surface area contributed by atoms with Gasteiger partial charge in [0.2, 0.25) is 6.79 Å². The van der Waals surface area contributed by atoms with E-state index >= 15 is 0 Å². The third-order valence-corrected chi connectivity index (χ3v) is 3.71. The van der Waals surface area contributed by atoms with E-state index in [1.807, 2.05) is 18.2 Å². The molecule has 0 saturated carbocycles. The number of carbonyl (C=O) groups excluding carboxylic acids is 1. The molecule has 4 nitrogen and oxygen atoms in total. The minimum atomic E-state index is -0.405. The molecule has 0 aromatic heterocycles. The number of rotatable bonds is 3. The van der Waals surface area contributed by atoms with Crippen LogP contribution < -0.4 is 14.8 Å². The maximum atomic E-state index is 13.2. The topological polar surface area (TPSA) is 47.6 Å². The summed E-state index contributed by atoms with van der Waals surface area (Å²) in [5.41, 5.74) is 1.22. The lowest BCUT2D eigenvalue weighted by atomic mass is 10.1. The second kappa shape index (κ2) is 5.73. The zero-order valence-electron chi connectivity index (χ0n) is 10.9. The van der Waals surface area contributed by atoms with Crippen LogP contribution in [0.3, 0.4) is 0 Å². The minimum absolute atomic E-state index is 0.186. The Hall–Kier alpha value is -2.08. The van der Waals surface area contributed by atoms with E-state index in [1.54, 1.807) is 0 Å². The van der Waals surface area contributed by atoms with Crippen molar-refractivity contribution in [2.45, 2.75) is 6.54 Å². The van der Waals surface area contributed by atoms with Crippen LogP contribution in [0.4, 0.5) is 4.39 Å². The van der Waals surface area contributed by atoms with Gasteiger partial charge in [0.15, 0.2) is 11.5 Å². The molecule has 2 aromatic rings. The van der Waals surface area contributed by atoms with Crippen LogP contribution in [0.1, 0.15) is 15.9 Å². The van der Waals surface area contributed by atoms with Gasteiger partial charge in [-0.3, -0.25) is 4.79 Å². The summed E-state index contributed by atoms with van der Waals surface area (Å²) in [6.07, 6.45) is 0. The van der Waals surface area contributed by atoms with Crippen molar-refractivity contribution in [1.29, 1.82) is 0 Å². The number of amides is 1. The molecule has 1 amide bonds. The number of hydrogen-bond acceptors (Lipinski definition) is 3. The molecule has 1 aliphatic heterocycles. The highest BCUT2D eigenvalue weighted by Gasteiger charge is 2.17. The quantitative estimate of drug-likeness (QED) is 0.923. The maximum absolute atomic E-state index is 13.2. The van der Waals surface area contributed by atoms with Gasteiger partial charge in [0.05, 0.1) is 4.47 Å². The molecule has 0 unspecified atom stereocenters. The van der Waals surface area contributed by atoms with Crippen LogP contribution >= 0.6 is 15.9 Å². The molecule has 0 radical (unpaired) electrons. The third kappa shape index (κ3) is 2.85. The third-order valence-electron chi connectivity index (χ3n) is 3.10. The Kier molecular flexibility index (Phi) is 3.79. The SMILES string of the molecule is O=C(NCc1cccc2c1OCO2)c1ccc(F)c(Br)c1. The molecular formula is C15H11BrFNO3. The molecule has 21 heavy (non-hydrogen) atoms. The van der Waals surface area contributed by atoms with E-state index < -0.39 is 5.82 Å². The maximum Gasteiger partial charge on any atom is 0.251 e. The molecule has 1 aliphatic rings. The monoisotopic (exact) mass is 351 g/mol. The lowest BCUT2D eigenvalue weighted by molar-refractivity contribution is 0.0950. The van der Waals surface area contributed by atoms with Gasteiger partial charge in [0.1, 0.15) is 5.82 Å². The Morgan fingerprint density at radius 2 is 2.14 bits per heavy atom. The predicted octanol–water partition coefficient (Wildman–Crippen LogP) is 3.25. The molecular weight excluding hydrogens is 341 g/mol. The van der Waals surface area contributed by atoms with Crippen LogP contribution in [0.15, 0.2) is 40.9 Å². The van der Waals surface area contributed by atoms with Gasteiger partial charge >= 0.3 is 0 Å². The van der Waals surface area contributed by atoms with Gasteiger partial charge in [-0.15, -0.1) is 0 Å². The fourth-order valence-electron chi connectivity index (χ4n) is 2.04. The van der Waals surface area contributed by atoms with Gasteiger partial charge in [-0.25, -0.2) is 4.39 Å². The summed E-state index contributed by atoms with van der Waals surface area (Å²) >= 11 is 3.06. The van der Waals surface area contributed by atoms with Gasteiger partial charge in [-0.1, -0.05) is 12.1 Å². The van der Waals surface area contributed by atoms with E-state index in [-0.39, 0.29) is 17.2 Å². The van der Waals surface area contributed by atoms with E-state index in [1.165, 1.54) is 18.2 Å². The fourth-order valence-corrected chi connectivity index (χ4v) is 2.42. The molecule has 0 aliphatic carbocycles. The number of carbonyl (C=O) groups is 1. The first-order chi connectivity index (χ1) is 10.1. The van der Waals surface area contributed by atoms with Gasteiger partial charge in [-0.2, -0.15) is 0 Å². The number of fused-ring (bicyclic) bond motifs is 1. The molecule has 0 atom stereocenters. The fraction of sp³-hybridized carbons (Fsp3) is 0.133. The van der Waals surface area contributed by atoms with Crippen molar-refractivity contribution < 1.29 is 18.7 Å². The van der Waals surface area contributed by atoms with E-state index in [0.29, 0.717) is 23.6 Å². The zero-order valence-corrected chi connectivity index (χ0v) is 12.4. The van der Waals surface area contributed by atoms with Gasteiger partial charge in [0, 0.05) is 17.7 Å². The summed E-state index contributed by atoms with van der Waals surface area (Å²) in [7, 11) is 0. The van der Waals surface area contributed by atoms with Crippen LogP contribution in [0, 0.1) is 5.82 Å². The van der Waals surface area contributed by atoms with Gasteiger partial charge in [0.25, 0.3) is 5.91 Å². The first-order valence-electron chi connectivity index (χ1n) is 6.26. The number of nitrogens with one attached hydrogen (secondary N) is 1. The van der Waals surface area contributed by atoms with Crippen LogP contribution in [0.5, 0.6) is 11.5 Å². The van der Waals surface area contributed by atoms with E-state index in [0.717, 1.165) is 5.56 Å². The average molecular weight is 352 g/mol. The van der Waals surface area contributed by atoms with Crippen LogP contribution in [0.25, 0.3) is 0 Å². The summed E-state index contributed by atoms with van der Waals surface area (Å²) < 4.78 is 24.1. The lowest BCUT2D eigenvalue weighted by Gasteiger charge is -2.08. The van der Waals surface area contributed by atoms with E-state index in [4.69, 9.17) is 9.47 Å². The summed E-state index contributed by atoms with van der Waals surface area (Å²) in [6, 6.07) is 9.63. The molecule has 6 heteroatoms. The Bertz CT molecular complexity index is 705. The van der Waals surface area contributed by atoms with Crippen molar-refractivity contribution in [3.8, 4) is 11.5 Å². The predicted molar refractivity (Wildman–Crippen MR) is 77.8 cm³/mol. The van der Waals surface area contributed by atoms with Crippen molar-refractivity contribution in [2.24, 2.45) is 0 Å². The first kappa shape index (κ1) is 13.9. The zero-order chi connectivity index (χ0) is 14.8. The number of benzene rings is 2. The van der Waals surface area contributed by atoms with Crippen molar-refractivity contribution in [2.75, 3.05) is 6.79 Å². The largest absolute Gasteiger partial charge is 0.454 e. The molecule has 0 fully saturated rings. The van der Waals surface area contributed by atoms with E-state index in [2.05, 4.69) is 21.2 Å². The first-order valence-corrected chi connectivity index (χ1v) is 7.05.